The minimum atomic E-state index is 0.0301. The van der Waals surface area contributed by atoms with Crippen molar-refractivity contribution in [3.8, 4) is 11.9 Å². The minimum absolute atomic E-state index is 0.0301. The van der Waals surface area contributed by atoms with E-state index in [0.717, 1.165) is 25.9 Å². The van der Waals surface area contributed by atoms with Crippen LogP contribution < -0.4 is 10.1 Å². The van der Waals surface area contributed by atoms with Gasteiger partial charge in [0.1, 0.15) is 5.75 Å². The summed E-state index contributed by atoms with van der Waals surface area (Å²) in [5, 5.41) is 11.6. The van der Waals surface area contributed by atoms with Crippen LogP contribution >= 0.6 is 11.8 Å². The molecule has 0 unspecified atom stereocenters. The summed E-state index contributed by atoms with van der Waals surface area (Å²) in [5.41, 5.74) is 0.713. The van der Waals surface area contributed by atoms with Gasteiger partial charge in [-0.3, -0.25) is 10.1 Å². The summed E-state index contributed by atoms with van der Waals surface area (Å²) in [6.45, 7) is 1.73. The molecule has 1 aromatic carbocycles. The lowest BCUT2D eigenvalue weighted by Crippen LogP contribution is -2.32. The molecule has 6 nitrogen and oxygen atoms in total. The fourth-order valence-corrected chi connectivity index (χ4v) is 2.45. The summed E-state index contributed by atoms with van der Waals surface area (Å²) >= 11 is 1.36. The summed E-state index contributed by atoms with van der Waals surface area (Å²) in [6, 6.07) is 7.09. The third-order valence-electron chi connectivity index (χ3n) is 3.24. The van der Waals surface area contributed by atoms with Crippen molar-refractivity contribution in [3.05, 3.63) is 24.3 Å². The summed E-state index contributed by atoms with van der Waals surface area (Å²) < 4.78 is 5.50. The summed E-state index contributed by atoms with van der Waals surface area (Å²) in [5.74, 6) is 0.660. The molecule has 0 spiro atoms. The number of carbonyl (C=O) groups is 1. The average Bonchev–Trinajstić information content (AvgIpc) is 3.08. The number of hydrogen-bond acceptors (Lipinski definition) is 5. The smallest absolute Gasteiger partial charge is 0.260 e. The first kappa shape index (κ1) is 16.2. The monoisotopic (exact) mass is 318 g/mol. The van der Waals surface area contributed by atoms with E-state index < -0.39 is 0 Å². The number of ether oxygens (including phenoxy) is 1. The van der Waals surface area contributed by atoms with Gasteiger partial charge in [-0.05, 0) is 43.4 Å². The highest BCUT2D eigenvalue weighted by Gasteiger charge is 2.17. The summed E-state index contributed by atoms with van der Waals surface area (Å²) in [7, 11) is 0. The number of rotatable bonds is 4. The molecular weight excluding hydrogens is 300 g/mol. The van der Waals surface area contributed by atoms with Gasteiger partial charge in [0.15, 0.2) is 18.0 Å². The molecule has 1 aromatic rings. The van der Waals surface area contributed by atoms with E-state index in [2.05, 4.69) is 10.3 Å². The maximum Gasteiger partial charge on any atom is 0.260 e. The van der Waals surface area contributed by atoms with Crippen molar-refractivity contribution in [1.29, 1.82) is 5.26 Å². The minimum Gasteiger partial charge on any atom is -0.484 e. The number of nitriles is 1. The van der Waals surface area contributed by atoms with E-state index in [1.54, 1.807) is 24.3 Å². The van der Waals surface area contributed by atoms with Crippen molar-refractivity contribution < 1.29 is 9.53 Å². The predicted molar refractivity (Wildman–Crippen MR) is 87.1 cm³/mol. The topological polar surface area (TPSA) is 77.7 Å². The van der Waals surface area contributed by atoms with Gasteiger partial charge in [0.25, 0.3) is 5.91 Å². The summed E-state index contributed by atoms with van der Waals surface area (Å²) in [4.78, 5) is 18.0. The Hall–Kier alpha value is -2.20. The third kappa shape index (κ3) is 4.67. The van der Waals surface area contributed by atoms with Gasteiger partial charge in [0.05, 0.1) is 5.69 Å². The fourth-order valence-electron chi connectivity index (χ4n) is 2.11. The highest BCUT2D eigenvalue weighted by molar-refractivity contribution is 8.13. The van der Waals surface area contributed by atoms with Crippen LogP contribution in [0.5, 0.6) is 5.75 Å². The third-order valence-corrected chi connectivity index (χ3v) is 3.82. The molecular formula is C15H18N4O2S. The Morgan fingerprint density at radius 3 is 2.68 bits per heavy atom. The second-order valence-corrected chi connectivity index (χ2v) is 5.52. The Kier molecular flexibility index (Phi) is 6.10. The van der Waals surface area contributed by atoms with Crippen LogP contribution in [-0.4, -0.2) is 41.9 Å². The van der Waals surface area contributed by atoms with Gasteiger partial charge in [-0.2, -0.15) is 5.26 Å². The fraction of sp³-hybridized carbons (Fsp3) is 0.400. The van der Waals surface area contributed by atoms with E-state index >= 15 is 0 Å². The van der Waals surface area contributed by atoms with Crippen LogP contribution in [0.25, 0.3) is 0 Å². The number of likely N-dealkylation sites (tertiary alicyclic amines) is 1. The maximum absolute atomic E-state index is 11.9. The van der Waals surface area contributed by atoms with Gasteiger partial charge in [-0.15, -0.1) is 0 Å². The zero-order chi connectivity index (χ0) is 15.8. The highest BCUT2D eigenvalue weighted by atomic mass is 32.2. The standard InChI is InChI=1S/C15H18N4O2S/c1-22-15(17-11-16)18-12-4-6-13(7-5-12)21-10-14(20)19-8-2-3-9-19/h4-7H,2-3,8-10H2,1H3,(H,17,18). The Morgan fingerprint density at radius 1 is 1.41 bits per heavy atom. The molecule has 7 heteroatoms. The number of hydrogen-bond donors (Lipinski definition) is 1. The molecule has 1 saturated heterocycles. The Morgan fingerprint density at radius 2 is 2.09 bits per heavy atom. The SMILES string of the molecule is CSC(=Nc1ccc(OCC(=O)N2CCCC2)cc1)NC#N. The van der Waals surface area contributed by atoms with Gasteiger partial charge in [0.2, 0.25) is 0 Å². The zero-order valence-electron chi connectivity index (χ0n) is 12.4. The molecule has 1 fully saturated rings. The van der Waals surface area contributed by atoms with Crippen LogP contribution in [0.3, 0.4) is 0 Å². The van der Waals surface area contributed by atoms with Crippen LogP contribution in [0.15, 0.2) is 29.3 Å². The number of amides is 1. The number of benzene rings is 1. The predicted octanol–water partition coefficient (Wildman–Crippen LogP) is 2.11. The summed E-state index contributed by atoms with van der Waals surface area (Å²) in [6.07, 6.45) is 5.83. The second-order valence-electron chi connectivity index (χ2n) is 4.73. The normalized spacial score (nSPS) is 14.5. The van der Waals surface area contributed by atoms with Crippen LogP contribution in [-0.2, 0) is 4.79 Å². The Balaban J connectivity index is 1.89. The van der Waals surface area contributed by atoms with Crippen molar-refractivity contribution in [1.82, 2.24) is 10.2 Å². The van der Waals surface area contributed by atoms with Crippen molar-refractivity contribution in [2.24, 2.45) is 4.99 Å². The van der Waals surface area contributed by atoms with Crippen LogP contribution in [0.1, 0.15) is 12.8 Å². The van der Waals surface area contributed by atoms with Crippen LogP contribution in [0, 0.1) is 11.5 Å². The lowest BCUT2D eigenvalue weighted by atomic mass is 10.3. The molecule has 0 bridgehead atoms. The van der Waals surface area contributed by atoms with Crippen LogP contribution in [0.4, 0.5) is 5.69 Å². The quantitative estimate of drug-likeness (QED) is 0.398. The number of amidine groups is 1. The second kappa shape index (κ2) is 8.29. The van der Waals surface area contributed by atoms with Gasteiger partial charge < -0.3 is 9.64 Å². The molecule has 2 rings (SSSR count). The van der Waals surface area contributed by atoms with Crippen LogP contribution in [0.2, 0.25) is 0 Å². The number of nitrogens with zero attached hydrogens (tertiary/aromatic N) is 3. The van der Waals surface area contributed by atoms with E-state index in [1.165, 1.54) is 11.8 Å². The molecule has 0 aromatic heterocycles. The van der Waals surface area contributed by atoms with Crippen molar-refractivity contribution in [2.45, 2.75) is 12.8 Å². The zero-order valence-corrected chi connectivity index (χ0v) is 13.2. The molecule has 1 aliphatic heterocycles. The van der Waals surface area contributed by atoms with Crippen molar-refractivity contribution in [2.75, 3.05) is 26.0 Å². The first-order valence-electron chi connectivity index (χ1n) is 7.01. The van der Waals surface area contributed by atoms with Crippen molar-refractivity contribution in [3.63, 3.8) is 0 Å². The first-order valence-corrected chi connectivity index (χ1v) is 8.24. The number of aliphatic imine (C=N–C) groups is 1. The number of nitrogens with one attached hydrogen (secondary N) is 1. The van der Waals surface area contributed by atoms with Gasteiger partial charge in [0, 0.05) is 13.1 Å². The molecule has 0 aliphatic carbocycles. The molecule has 22 heavy (non-hydrogen) atoms. The maximum atomic E-state index is 11.9. The lowest BCUT2D eigenvalue weighted by molar-refractivity contribution is -0.132. The van der Waals surface area contributed by atoms with E-state index in [4.69, 9.17) is 10.00 Å². The lowest BCUT2D eigenvalue weighted by Gasteiger charge is -2.15. The van der Waals surface area contributed by atoms with E-state index in [9.17, 15) is 4.79 Å². The highest BCUT2D eigenvalue weighted by Crippen LogP contribution is 2.19. The van der Waals surface area contributed by atoms with E-state index in [-0.39, 0.29) is 12.5 Å². The number of thioether (sulfide) groups is 1. The van der Waals surface area contributed by atoms with Gasteiger partial charge in [-0.25, -0.2) is 4.99 Å². The molecule has 1 amide bonds. The molecule has 0 atom stereocenters. The molecule has 1 N–H and O–H groups in total. The molecule has 0 saturated carbocycles. The Bertz CT molecular complexity index is 574. The molecule has 0 radical (unpaired) electrons. The van der Waals surface area contributed by atoms with Crippen molar-refractivity contribution >= 4 is 28.5 Å². The number of carbonyl (C=O) groups excluding carboxylic acids is 1. The molecule has 116 valence electrons. The largest absolute Gasteiger partial charge is 0.484 e. The Labute approximate surface area is 134 Å². The van der Waals surface area contributed by atoms with E-state index in [0.29, 0.717) is 16.6 Å². The molecule has 1 aliphatic rings. The first-order chi connectivity index (χ1) is 10.7. The average molecular weight is 318 g/mol. The van der Waals surface area contributed by atoms with Gasteiger partial charge >= 0.3 is 0 Å². The van der Waals surface area contributed by atoms with E-state index in [1.807, 2.05) is 17.3 Å². The van der Waals surface area contributed by atoms with Gasteiger partial charge in [-0.1, -0.05) is 11.8 Å². The molecule has 1 heterocycles.